The number of aliphatic hydroxyl groups excluding tert-OH is 1. The van der Waals surface area contributed by atoms with Crippen molar-refractivity contribution in [3.8, 4) is 5.75 Å². The average molecular weight is 297 g/mol. The molecule has 2 nitrogen and oxygen atoms in total. The van der Waals surface area contributed by atoms with Gasteiger partial charge in [0, 0.05) is 23.6 Å². The lowest BCUT2D eigenvalue weighted by atomic mass is 9.95. The van der Waals surface area contributed by atoms with Crippen molar-refractivity contribution in [2.75, 3.05) is 0 Å². The molecular weight excluding hydrogens is 286 g/mol. The molecule has 1 heterocycles. The molecule has 0 amide bonds. The summed E-state index contributed by atoms with van der Waals surface area (Å²) in [5.41, 5.74) is 0.761. The minimum atomic E-state index is -0.831. The maximum Gasteiger partial charge on any atom is 0.148 e. The van der Waals surface area contributed by atoms with E-state index < -0.39 is 23.8 Å². The van der Waals surface area contributed by atoms with E-state index in [4.69, 9.17) is 16.3 Å². The molecule has 0 saturated carbocycles. The first-order chi connectivity index (χ1) is 9.56. The van der Waals surface area contributed by atoms with Crippen LogP contribution in [0.4, 0.5) is 8.78 Å². The number of rotatable bonds is 1. The van der Waals surface area contributed by atoms with E-state index in [0.29, 0.717) is 5.56 Å². The number of hydrogen-bond donors (Lipinski definition) is 1. The Morgan fingerprint density at radius 1 is 1.15 bits per heavy atom. The van der Waals surface area contributed by atoms with E-state index in [1.54, 1.807) is 12.1 Å². The summed E-state index contributed by atoms with van der Waals surface area (Å²) in [6.07, 6.45) is -1.34. The summed E-state index contributed by atoms with van der Waals surface area (Å²) in [5.74, 6) is -0.817. The predicted molar refractivity (Wildman–Crippen MR) is 70.8 cm³/mol. The van der Waals surface area contributed by atoms with Crippen LogP contribution >= 0.6 is 11.6 Å². The van der Waals surface area contributed by atoms with Crippen LogP contribution in [0.25, 0.3) is 0 Å². The van der Waals surface area contributed by atoms with Gasteiger partial charge in [-0.05, 0) is 18.2 Å². The van der Waals surface area contributed by atoms with Gasteiger partial charge in [-0.1, -0.05) is 23.7 Å². The minimum Gasteiger partial charge on any atom is -0.485 e. The van der Waals surface area contributed by atoms with Gasteiger partial charge in [-0.15, -0.1) is 0 Å². The molecule has 0 fully saturated rings. The van der Waals surface area contributed by atoms with Crippen molar-refractivity contribution >= 4 is 11.6 Å². The smallest absolute Gasteiger partial charge is 0.148 e. The fraction of sp³-hybridized carbons (Fsp3) is 0.200. The van der Waals surface area contributed by atoms with Gasteiger partial charge < -0.3 is 9.84 Å². The number of ether oxygens (including phenoxy) is 1. The number of hydrogen-bond acceptors (Lipinski definition) is 2. The fourth-order valence-corrected chi connectivity index (χ4v) is 2.56. The van der Waals surface area contributed by atoms with Crippen LogP contribution in [0.15, 0.2) is 36.4 Å². The molecule has 0 aromatic heterocycles. The number of aliphatic hydroxyl groups is 1. The van der Waals surface area contributed by atoms with Crippen LogP contribution in [0, 0.1) is 11.6 Å². The second-order valence-electron chi connectivity index (χ2n) is 4.68. The zero-order valence-corrected chi connectivity index (χ0v) is 11.1. The maximum absolute atomic E-state index is 14.0. The van der Waals surface area contributed by atoms with Crippen LogP contribution in [0.5, 0.6) is 5.75 Å². The van der Waals surface area contributed by atoms with E-state index in [1.807, 2.05) is 0 Å². The van der Waals surface area contributed by atoms with Crippen LogP contribution < -0.4 is 4.74 Å². The first-order valence-corrected chi connectivity index (χ1v) is 6.52. The molecule has 2 aromatic rings. The van der Waals surface area contributed by atoms with Crippen LogP contribution in [0.2, 0.25) is 5.02 Å². The summed E-state index contributed by atoms with van der Waals surface area (Å²) in [6, 6.07) is 8.51. The Bertz CT molecular complexity index is 660. The lowest BCUT2D eigenvalue weighted by molar-refractivity contribution is 0.0637. The van der Waals surface area contributed by atoms with Gasteiger partial charge in [0.25, 0.3) is 0 Å². The van der Waals surface area contributed by atoms with Gasteiger partial charge in [-0.3, -0.25) is 0 Å². The van der Waals surface area contributed by atoms with Crippen LogP contribution in [0.1, 0.15) is 29.8 Å². The molecule has 0 bridgehead atoms. The molecule has 0 radical (unpaired) electrons. The Morgan fingerprint density at radius 3 is 2.75 bits per heavy atom. The summed E-state index contributed by atoms with van der Waals surface area (Å²) < 4.78 is 32.8. The molecule has 2 aromatic carbocycles. The topological polar surface area (TPSA) is 29.5 Å². The Kier molecular flexibility index (Phi) is 3.36. The van der Waals surface area contributed by atoms with Crippen LogP contribution in [0.3, 0.4) is 0 Å². The highest BCUT2D eigenvalue weighted by atomic mass is 35.5. The molecule has 0 saturated heterocycles. The van der Waals surface area contributed by atoms with Crippen molar-refractivity contribution in [3.63, 3.8) is 0 Å². The molecule has 1 aliphatic heterocycles. The average Bonchev–Trinajstić information content (AvgIpc) is 2.41. The highest BCUT2D eigenvalue weighted by molar-refractivity contribution is 6.30. The third-order valence-electron chi connectivity index (χ3n) is 3.37. The first kappa shape index (κ1) is 13.3. The minimum absolute atomic E-state index is 0.00868. The first-order valence-electron chi connectivity index (χ1n) is 6.14. The fourth-order valence-electron chi connectivity index (χ4n) is 2.38. The number of halogens is 3. The summed E-state index contributed by atoms with van der Waals surface area (Å²) >= 11 is 5.74. The molecule has 3 rings (SSSR count). The van der Waals surface area contributed by atoms with Crippen molar-refractivity contribution in [2.45, 2.75) is 18.6 Å². The van der Waals surface area contributed by atoms with Gasteiger partial charge in [0.2, 0.25) is 0 Å². The third kappa shape index (κ3) is 2.25. The van der Waals surface area contributed by atoms with Gasteiger partial charge in [0.1, 0.15) is 23.5 Å². The van der Waals surface area contributed by atoms with E-state index in [1.165, 1.54) is 24.3 Å². The molecule has 2 atom stereocenters. The quantitative estimate of drug-likeness (QED) is 0.855. The van der Waals surface area contributed by atoms with E-state index in [0.717, 1.165) is 0 Å². The van der Waals surface area contributed by atoms with Crippen LogP contribution in [-0.2, 0) is 0 Å². The van der Waals surface area contributed by atoms with Crippen molar-refractivity contribution < 1.29 is 18.6 Å². The van der Waals surface area contributed by atoms with Crippen molar-refractivity contribution in [2.24, 2.45) is 0 Å². The molecule has 1 unspecified atom stereocenters. The molecule has 20 heavy (non-hydrogen) atoms. The lowest BCUT2D eigenvalue weighted by Gasteiger charge is -2.30. The molecule has 0 spiro atoms. The summed E-state index contributed by atoms with van der Waals surface area (Å²) in [5, 5.41) is 10.1. The predicted octanol–water partition coefficient (Wildman–Crippen LogP) is 4.18. The van der Waals surface area contributed by atoms with E-state index in [-0.39, 0.29) is 22.8 Å². The number of benzene rings is 2. The third-order valence-corrected chi connectivity index (χ3v) is 3.66. The highest BCUT2D eigenvalue weighted by Crippen LogP contribution is 2.42. The highest BCUT2D eigenvalue weighted by Gasteiger charge is 2.30. The van der Waals surface area contributed by atoms with Crippen molar-refractivity contribution in [3.05, 3.63) is 64.2 Å². The standard InChI is InChI=1S/C15H11ClF2O2/c16-11-3-1-2-10(15(11)18)14-7-12(19)9-5-4-8(17)6-13(9)20-14/h1-6,12,14,19H,7H2/t12-,14?/m1/s1. The zero-order chi connectivity index (χ0) is 14.3. The summed E-state index contributed by atoms with van der Waals surface area (Å²) in [4.78, 5) is 0. The Labute approximate surface area is 119 Å². The molecule has 104 valence electrons. The van der Waals surface area contributed by atoms with Gasteiger partial charge in [-0.25, -0.2) is 8.78 Å². The van der Waals surface area contributed by atoms with E-state index in [9.17, 15) is 13.9 Å². The Balaban J connectivity index is 2.00. The summed E-state index contributed by atoms with van der Waals surface area (Å²) in [6.45, 7) is 0. The largest absolute Gasteiger partial charge is 0.485 e. The van der Waals surface area contributed by atoms with Crippen molar-refractivity contribution in [1.82, 2.24) is 0 Å². The van der Waals surface area contributed by atoms with Gasteiger partial charge in [0.15, 0.2) is 0 Å². The SMILES string of the molecule is O[C@@H]1CC(c2cccc(Cl)c2F)Oc2cc(F)ccc21. The summed E-state index contributed by atoms with van der Waals surface area (Å²) in [7, 11) is 0. The molecular formula is C15H11ClF2O2. The van der Waals surface area contributed by atoms with E-state index >= 15 is 0 Å². The van der Waals surface area contributed by atoms with Gasteiger partial charge in [-0.2, -0.15) is 0 Å². The lowest BCUT2D eigenvalue weighted by Crippen LogP contribution is -2.20. The second-order valence-corrected chi connectivity index (χ2v) is 5.09. The van der Waals surface area contributed by atoms with Crippen LogP contribution in [-0.4, -0.2) is 5.11 Å². The normalized spacial score (nSPS) is 21.2. The molecule has 0 aliphatic carbocycles. The Morgan fingerprint density at radius 2 is 1.95 bits per heavy atom. The molecule has 1 N–H and O–H groups in total. The Hall–Kier alpha value is -1.65. The maximum atomic E-state index is 14.0. The van der Waals surface area contributed by atoms with E-state index in [2.05, 4.69) is 0 Å². The number of fused-ring (bicyclic) bond motifs is 1. The van der Waals surface area contributed by atoms with Gasteiger partial charge in [0.05, 0.1) is 11.1 Å². The second kappa shape index (κ2) is 5.04. The monoisotopic (exact) mass is 296 g/mol. The molecule has 5 heteroatoms. The van der Waals surface area contributed by atoms with Crippen molar-refractivity contribution in [1.29, 1.82) is 0 Å². The zero-order valence-electron chi connectivity index (χ0n) is 10.3. The molecule has 1 aliphatic rings. The van der Waals surface area contributed by atoms with Gasteiger partial charge >= 0.3 is 0 Å².